The van der Waals surface area contributed by atoms with Crippen LogP contribution in [0.15, 0.2) is 66.3 Å². The van der Waals surface area contributed by atoms with E-state index in [2.05, 4.69) is 48.5 Å². The summed E-state index contributed by atoms with van der Waals surface area (Å²) in [7, 11) is 1.77. The summed E-state index contributed by atoms with van der Waals surface area (Å²) in [5.41, 5.74) is 5.63. The molecule has 0 aliphatic heterocycles. The van der Waals surface area contributed by atoms with E-state index >= 15 is 0 Å². The van der Waals surface area contributed by atoms with Crippen LogP contribution in [0.2, 0.25) is 5.02 Å². The van der Waals surface area contributed by atoms with Gasteiger partial charge in [-0.2, -0.15) is 0 Å². The Kier molecular flexibility index (Phi) is 5.78. The van der Waals surface area contributed by atoms with Gasteiger partial charge in [-0.25, -0.2) is 0 Å². The summed E-state index contributed by atoms with van der Waals surface area (Å²) in [6.45, 7) is 8.13. The van der Waals surface area contributed by atoms with E-state index in [-0.39, 0.29) is 0 Å². The molecule has 0 saturated carbocycles. The number of nitrogens with zero attached hydrogens (tertiary/aromatic N) is 2. The van der Waals surface area contributed by atoms with Crippen LogP contribution < -0.4 is 4.90 Å². The van der Waals surface area contributed by atoms with Gasteiger partial charge >= 0.3 is 0 Å². The van der Waals surface area contributed by atoms with Crippen molar-refractivity contribution >= 4 is 34.8 Å². The highest BCUT2D eigenvalue weighted by molar-refractivity contribution is 6.30. The van der Waals surface area contributed by atoms with Crippen LogP contribution in [0.1, 0.15) is 18.1 Å². The first-order chi connectivity index (χ1) is 11.1. The number of allylic oxidation sites excluding steroid dienone is 2. The third-order valence-electron chi connectivity index (χ3n) is 3.68. The van der Waals surface area contributed by atoms with Gasteiger partial charge in [0, 0.05) is 35.9 Å². The van der Waals surface area contributed by atoms with Gasteiger partial charge in [0.25, 0.3) is 0 Å². The van der Waals surface area contributed by atoms with Gasteiger partial charge in [0.05, 0.1) is 0 Å². The standard InChI is InChI=1S/C20H21ClN2/c1-5-23(19-10-8-18(21)9-11-19)20-14-17(7-6-16(20)3)15(2)12-13-22-4/h5-14H,1H2,2-4H3/b15-12+,22-13-. The van der Waals surface area contributed by atoms with Crippen molar-refractivity contribution in [1.29, 1.82) is 0 Å². The molecule has 2 nitrogen and oxygen atoms in total. The molecule has 0 amide bonds. The monoisotopic (exact) mass is 324 g/mol. The third-order valence-corrected chi connectivity index (χ3v) is 3.94. The van der Waals surface area contributed by atoms with Crippen LogP contribution in [-0.4, -0.2) is 13.3 Å². The number of halogens is 1. The molecule has 0 aliphatic carbocycles. The molecule has 0 spiro atoms. The minimum Gasteiger partial charge on any atom is -0.317 e. The van der Waals surface area contributed by atoms with Crippen molar-refractivity contribution in [2.45, 2.75) is 13.8 Å². The number of rotatable bonds is 5. The van der Waals surface area contributed by atoms with E-state index in [1.165, 1.54) is 5.56 Å². The molecule has 23 heavy (non-hydrogen) atoms. The third kappa shape index (κ3) is 4.11. The van der Waals surface area contributed by atoms with Crippen LogP contribution >= 0.6 is 11.6 Å². The molecule has 2 rings (SSSR count). The van der Waals surface area contributed by atoms with Crippen molar-refractivity contribution in [3.05, 3.63) is 77.5 Å². The van der Waals surface area contributed by atoms with Gasteiger partial charge < -0.3 is 4.90 Å². The number of hydrogen-bond donors (Lipinski definition) is 0. The first-order valence-electron chi connectivity index (χ1n) is 7.44. The minimum absolute atomic E-state index is 0.723. The average molecular weight is 325 g/mol. The first kappa shape index (κ1) is 17.0. The Bertz CT molecular complexity index is 743. The number of aryl methyl sites for hydroxylation is 1. The summed E-state index contributed by atoms with van der Waals surface area (Å²) in [6, 6.07) is 14.2. The molecule has 0 bridgehead atoms. The second kappa shape index (κ2) is 7.80. The lowest BCUT2D eigenvalue weighted by Crippen LogP contribution is -2.09. The van der Waals surface area contributed by atoms with Crippen molar-refractivity contribution in [3.8, 4) is 0 Å². The summed E-state index contributed by atoms with van der Waals surface area (Å²) in [4.78, 5) is 6.07. The Hall–Kier alpha value is -2.32. The van der Waals surface area contributed by atoms with Crippen molar-refractivity contribution < 1.29 is 0 Å². The molecule has 0 aromatic heterocycles. The van der Waals surface area contributed by atoms with Crippen LogP contribution in [0.3, 0.4) is 0 Å². The van der Waals surface area contributed by atoms with Crippen LogP contribution in [0.25, 0.3) is 5.57 Å². The summed E-state index contributed by atoms with van der Waals surface area (Å²) in [6.07, 6.45) is 5.64. The maximum absolute atomic E-state index is 5.99. The first-order valence-corrected chi connectivity index (χ1v) is 7.82. The molecule has 3 heteroatoms. The predicted molar refractivity (Wildman–Crippen MR) is 103 cm³/mol. The van der Waals surface area contributed by atoms with Crippen molar-refractivity contribution in [3.63, 3.8) is 0 Å². The second-order valence-corrected chi connectivity index (χ2v) is 5.72. The van der Waals surface area contributed by atoms with Gasteiger partial charge in [0.15, 0.2) is 0 Å². The zero-order valence-corrected chi connectivity index (χ0v) is 14.5. The SMILES string of the molecule is C=CN(c1ccc(Cl)cc1)c1cc(/C(C)=C/C=N\C)ccc1C. The number of hydrogen-bond acceptors (Lipinski definition) is 2. The molecular weight excluding hydrogens is 304 g/mol. The van der Waals surface area contributed by atoms with E-state index in [1.54, 1.807) is 13.3 Å². The normalized spacial score (nSPS) is 11.7. The number of aliphatic imine (C=N–C) groups is 1. The molecule has 0 radical (unpaired) electrons. The lowest BCUT2D eigenvalue weighted by atomic mass is 10.0. The van der Waals surface area contributed by atoms with Crippen molar-refractivity contribution in [1.82, 2.24) is 0 Å². The fraction of sp³-hybridized carbons (Fsp3) is 0.150. The number of anilines is 2. The average Bonchev–Trinajstić information content (AvgIpc) is 2.56. The predicted octanol–water partition coefficient (Wildman–Crippen LogP) is 6.03. The second-order valence-electron chi connectivity index (χ2n) is 5.29. The molecule has 2 aromatic carbocycles. The fourth-order valence-electron chi connectivity index (χ4n) is 2.34. The van der Waals surface area contributed by atoms with E-state index in [9.17, 15) is 0 Å². The lowest BCUT2D eigenvalue weighted by Gasteiger charge is -2.23. The number of benzene rings is 2. The van der Waals surface area contributed by atoms with Gasteiger partial charge in [-0.15, -0.1) is 0 Å². The van der Waals surface area contributed by atoms with E-state index in [0.717, 1.165) is 27.5 Å². The maximum atomic E-state index is 5.99. The summed E-state index contributed by atoms with van der Waals surface area (Å²) < 4.78 is 0. The zero-order chi connectivity index (χ0) is 16.8. The van der Waals surface area contributed by atoms with Gasteiger partial charge in [-0.05, 0) is 67.0 Å². The van der Waals surface area contributed by atoms with E-state index in [0.29, 0.717) is 0 Å². The van der Waals surface area contributed by atoms with E-state index in [1.807, 2.05) is 36.5 Å². The Morgan fingerprint density at radius 2 is 1.87 bits per heavy atom. The molecular formula is C20H21ClN2. The molecule has 0 heterocycles. The van der Waals surface area contributed by atoms with E-state index < -0.39 is 0 Å². The van der Waals surface area contributed by atoms with Gasteiger partial charge in [0.1, 0.15) is 0 Å². The highest BCUT2D eigenvalue weighted by atomic mass is 35.5. The topological polar surface area (TPSA) is 15.6 Å². The molecule has 0 unspecified atom stereocenters. The molecule has 0 aliphatic rings. The largest absolute Gasteiger partial charge is 0.317 e. The molecule has 0 atom stereocenters. The zero-order valence-electron chi connectivity index (χ0n) is 13.8. The lowest BCUT2D eigenvalue weighted by molar-refractivity contribution is 1.25. The van der Waals surface area contributed by atoms with Crippen molar-refractivity contribution in [2.75, 3.05) is 11.9 Å². The molecule has 118 valence electrons. The summed E-state index contributed by atoms with van der Waals surface area (Å²) in [5, 5.41) is 0.723. The van der Waals surface area contributed by atoms with Crippen molar-refractivity contribution in [2.24, 2.45) is 4.99 Å². The maximum Gasteiger partial charge on any atom is 0.0490 e. The highest BCUT2D eigenvalue weighted by Gasteiger charge is 2.10. The molecule has 0 saturated heterocycles. The molecule has 2 aromatic rings. The van der Waals surface area contributed by atoms with E-state index in [4.69, 9.17) is 11.6 Å². The Labute approximate surface area is 143 Å². The quantitative estimate of drug-likeness (QED) is 0.613. The summed E-state index contributed by atoms with van der Waals surface area (Å²) >= 11 is 5.99. The Morgan fingerprint density at radius 1 is 1.17 bits per heavy atom. The van der Waals surface area contributed by atoms with Crippen LogP contribution in [0, 0.1) is 6.92 Å². The Balaban J connectivity index is 2.47. The molecule has 0 fully saturated rings. The van der Waals surface area contributed by atoms with Crippen LogP contribution in [-0.2, 0) is 0 Å². The summed E-state index contributed by atoms with van der Waals surface area (Å²) in [5.74, 6) is 0. The van der Waals surface area contributed by atoms with Crippen LogP contribution in [0.5, 0.6) is 0 Å². The van der Waals surface area contributed by atoms with Crippen LogP contribution in [0.4, 0.5) is 11.4 Å². The van der Waals surface area contributed by atoms with Gasteiger partial charge in [-0.3, -0.25) is 4.99 Å². The van der Waals surface area contributed by atoms with Gasteiger partial charge in [0.2, 0.25) is 0 Å². The Morgan fingerprint density at radius 3 is 2.48 bits per heavy atom. The molecule has 0 N–H and O–H groups in total. The fourth-order valence-corrected chi connectivity index (χ4v) is 2.47. The highest BCUT2D eigenvalue weighted by Crippen LogP contribution is 2.32. The minimum atomic E-state index is 0.723. The smallest absolute Gasteiger partial charge is 0.0490 e. The van der Waals surface area contributed by atoms with Gasteiger partial charge in [-0.1, -0.05) is 30.3 Å².